The maximum Gasteiger partial charge on any atom is 0.338 e. The van der Waals surface area contributed by atoms with Crippen molar-refractivity contribution in [3.63, 3.8) is 0 Å². The van der Waals surface area contributed by atoms with Crippen LogP contribution < -0.4 is 5.73 Å². The monoisotopic (exact) mass is 378 g/mol. The highest BCUT2D eigenvalue weighted by molar-refractivity contribution is 9.10. The average molecular weight is 379 g/mol. The molecule has 0 radical (unpaired) electrons. The number of hydrogen-bond acceptors (Lipinski definition) is 6. The van der Waals surface area contributed by atoms with Gasteiger partial charge >= 0.3 is 5.97 Å². The Labute approximate surface area is 142 Å². The highest BCUT2D eigenvalue weighted by Crippen LogP contribution is 2.42. The molecule has 0 bridgehead atoms. The van der Waals surface area contributed by atoms with Gasteiger partial charge in [0.2, 0.25) is 5.88 Å². The molecule has 1 atom stereocenters. The van der Waals surface area contributed by atoms with Gasteiger partial charge in [0, 0.05) is 11.6 Å². The lowest BCUT2D eigenvalue weighted by molar-refractivity contribution is -0.136. The largest absolute Gasteiger partial charge is 0.466 e. The molecule has 0 saturated heterocycles. The molecule has 2 N–H and O–H groups in total. The lowest BCUT2D eigenvalue weighted by Gasteiger charge is -2.28. The summed E-state index contributed by atoms with van der Waals surface area (Å²) in [5.74, 6) is -1.11. The molecule has 0 saturated carbocycles. The SMILES string of the molecule is COCC1=C(C(=O)OC)C(c2ccccc2Br)C(C#N)=C(N)O1. The summed E-state index contributed by atoms with van der Waals surface area (Å²) < 4.78 is 16.1. The molecule has 0 amide bonds. The highest BCUT2D eigenvalue weighted by Gasteiger charge is 2.38. The third-order valence-electron chi connectivity index (χ3n) is 3.39. The molecule has 120 valence electrons. The Hall–Kier alpha value is -2.30. The summed E-state index contributed by atoms with van der Waals surface area (Å²) in [5.41, 5.74) is 6.93. The fourth-order valence-corrected chi connectivity index (χ4v) is 2.92. The van der Waals surface area contributed by atoms with Gasteiger partial charge in [-0.2, -0.15) is 5.26 Å². The average Bonchev–Trinajstić information content (AvgIpc) is 2.54. The summed E-state index contributed by atoms with van der Waals surface area (Å²) in [5, 5.41) is 9.48. The highest BCUT2D eigenvalue weighted by atomic mass is 79.9. The number of allylic oxidation sites excluding steroid dienone is 1. The van der Waals surface area contributed by atoms with Crippen molar-refractivity contribution in [1.82, 2.24) is 0 Å². The van der Waals surface area contributed by atoms with Crippen molar-refractivity contribution in [2.45, 2.75) is 5.92 Å². The van der Waals surface area contributed by atoms with E-state index >= 15 is 0 Å². The number of esters is 1. The number of benzene rings is 1. The van der Waals surface area contributed by atoms with Crippen molar-refractivity contribution in [2.24, 2.45) is 5.73 Å². The smallest absolute Gasteiger partial charge is 0.338 e. The van der Waals surface area contributed by atoms with Crippen LogP contribution >= 0.6 is 15.9 Å². The summed E-state index contributed by atoms with van der Waals surface area (Å²) in [6.45, 7) is 0.0325. The molecule has 1 unspecified atom stereocenters. The molecule has 1 aromatic rings. The minimum absolute atomic E-state index is 0.0325. The number of methoxy groups -OCH3 is 2. The van der Waals surface area contributed by atoms with E-state index in [-0.39, 0.29) is 29.4 Å². The zero-order valence-corrected chi connectivity index (χ0v) is 14.2. The number of hydrogen-bond donors (Lipinski definition) is 1. The lowest BCUT2D eigenvalue weighted by atomic mass is 9.83. The molecule has 0 aliphatic carbocycles. The van der Waals surface area contributed by atoms with Crippen molar-refractivity contribution in [3.8, 4) is 6.07 Å². The quantitative estimate of drug-likeness (QED) is 0.807. The second-order valence-electron chi connectivity index (χ2n) is 4.71. The number of nitrogens with two attached hydrogens (primary N) is 1. The van der Waals surface area contributed by atoms with Crippen LogP contribution in [0.25, 0.3) is 0 Å². The van der Waals surface area contributed by atoms with Crippen LogP contribution in [0.5, 0.6) is 0 Å². The Bertz CT molecular complexity index is 734. The number of carbonyl (C=O) groups is 1. The Morgan fingerprint density at radius 1 is 1.43 bits per heavy atom. The van der Waals surface area contributed by atoms with Crippen molar-refractivity contribution in [2.75, 3.05) is 20.8 Å². The molecule has 1 aromatic carbocycles. The van der Waals surface area contributed by atoms with E-state index in [1.165, 1.54) is 14.2 Å². The summed E-state index contributed by atoms with van der Waals surface area (Å²) in [7, 11) is 2.74. The predicted molar refractivity (Wildman–Crippen MR) is 85.7 cm³/mol. The van der Waals surface area contributed by atoms with Crippen LogP contribution in [-0.2, 0) is 19.0 Å². The molecular formula is C16H15BrN2O4. The number of ether oxygens (including phenoxy) is 3. The molecular weight excluding hydrogens is 364 g/mol. The molecule has 6 nitrogen and oxygen atoms in total. The van der Waals surface area contributed by atoms with E-state index in [2.05, 4.69) is 15.9 Å². The first-order valence-corrected chi connectivity index (χ1v) is 7.46. The first-order chi connectivity index (χ1) is 11.0. The van der Waals surface area contributed by atoms with E-state index in [4.69, 9.17) is 19.9 Å². The van der Waals surface area contributed by atoms with Gasteiger partial charge in [-0.3, -0.25) is 0 Å². The van der Waals surface area contributed by atoms with E-state index in [0.717, 1.165) is 4.47 Å². The topological polar surface area (TPSA) is 94.6 Å². The van der Waals surface area contributed by atoms with Gasteiger partial charge in [-0.25, -0.2) is 4.79 Å². The van der Waals surface area contributed by atoms with Crippen molar-refractivity contribution in [1.29, 1.82) is 5.26 Å². The third-order valence-corrected chi connectivity index (χ3v) is 4.12. The number of nitriles is 1. The molecule has 0 spiro atoms. The van der Waals surface area contributed by atoms with Crippen LogP contribution in [0, 0.1) is 11.3 Å². The van der Waals surface area contributed by atoms with Crippen LogP contribution in [-0.4, -0.2) is 26.8 Å². The molecule has 2 rings (SSSR count). The van der Waals surface area contributed by atoms with E-state index < -0.39 is 11.9 Å². The first-order valence-electron chi connectivity index (χ1n) is 6.67. The molecule has 7 heteroatoms. The Morgan fingerprint density at radius 2 is 2.13 bits per heavy atom. The van der Waals surface area contributed by atoms with Crippen LogP contribution in [0.1, 0.15) is 11.5 Å². The van der Waals surface area contributed by atoms with Gasteiger partial charge in [-0.15, -0.1) is 0 Å². The van der Waals surface area contributed by atoms with Gasteiger partial charge in [0.05, 0.1) is 18.6 Å². The zero-order valence-electron chi connectivity index (χ0n) is 12.6. The molecule has 23 heavy (non-hydrogen) atoms. The Morgan fingerprint density at radius 3 is 2.70 bits per heavy atom. The van der Waals surface area contributed by atoms with Gasteiger partial charge in [-0.05, 0) is 11.6 Å². The maximum absolute atomic E-state index is 12.3. The second-order valence-corrected chi connectivity index (χ2v) is 5.56. The van der Waals surface area contributed by atoms with E-state index in [0.29, 0.717) is 5.56 Å². The lowest BCUT2D eigenvalue weighted by Crippen LogP contribution is -2.27. The third kappa shape index (κ3) is 3.23. The second kappa shape index (κ2) is 7.31. The summed E-state index contributed by atoms with van der Waals surface area (Å²) in [4.78, 5) is 12.3. The van der Waals surface area contributed by atoms with Crippen LogP contribution in [0.3, 0.4) is 0 Å². The van der Waals surface area contributed by atoms with E-state index in [1.807, 2.05) is 24.3 Å². The fourth-order valence-electron chi connectivity index (χ4n) is 2.41. The first kappa shape index (κ1) is 17.1. The van der Waals surface area contributed by atoms with Gasteiger partial charge in [0.25, 0.3) is 0 Å². The van der Waals surface area contributed by atoms with Crippen LogP contribution in [0.2, 0.25) is 0 Å². The van der Waals surface area contributed by atoms with Crippen molar-refractivity contribution in [3.05, 3.63) is 57.1 Å². The number of rotatable bonds is 4. The van der Waals surface area contributed by atoms with Crippen LogP contribution in [0.4, 0.5) is 0 Å². The fraction of sp³-hybridized carbons (Fsp3) is 0.250. The number of carbonyl (C=O) groups excluding carboxylic acids is 1. The molecule has 0 fully saturated rings. The van der Waals surface area contributed by atoms with Crippen molar-refractivity contribution >= 4 is 21.9 Å². The number of halogens is 1. The van der Waals surface area contributed by atoms with Gasteiger partial charge in [0.15, 0.2) is 0 Å². The minimum Gasteiger partial charge on any atom is -0.466 e. The van der Waals surface area contributed by atoms with Gasteiger partial charge in [0.1, 0.15) is 24.0 Å². The molecule has 1 heterocycles. The summed E-state index contributed by atoms with van der Waals surface area (Å²) in [6.07, 6.45) is 0. The normalized spacial score (nSPS) is 17.6. The molecule has 1 aliphatic rings. The molecule has 1 aliphatic heterocycles. The summed E-state index contributed by atoms with van der Waals surface area (Å²) >= 11 is 3.45. The van der Waals surface area contributed by atoms with Crippen molar-refractivity contribution < 1.29 is 19.0 Å². The van der Waals surface area contributed by atoms with E-state index in [1.54, 1.807) is 6.07 Å². The maximum atomic E-state index is 12.3. The minimum atomic E-state index is -0.693. The number of nitrogens with zero attached hydrogens (tertiary/aromatic N) is 1. The van der Waals surface area contributed by atoms with Crippen LogP contribution in [0.15, 0.2) is 51.5 Å². The molecule has 0 aromatic heterocycles. The van der Waals surface area contributed by atoms with E-state index in [9.17, 15) is 10.1 Å². The summed E-state index contributed by atoms with van der Waals surface area (Å²) in [6, 6.07) is 9.30. The standard InChI is InChI=1S/C16H15BrN2O4/c1-21-8-12-14(16(20)22-2)13(10(7-18)15(19)23-12)9-5-3-4-6-11(9)17/h3-6,13H,8,19H2,1-2H3. The zero-order chi connectivity index (χ0) is 17.0. The predicted octanol–water partition coefficient (Wildman–Crippen LogP) is 2.33. The Kier molecular flexibility index (Phi) is 5.42. The Balaban J connectivity index is 2.72. The van der Waals surface area contributed by atoms with Gasteiger partial charge in [-0.1, -0.05) is 34.1 Å². The van der Waals surface area contributed by atoms with Gasteiger partial charge < -0.3 is 19.9 Å².